The third-order valence-electron chi connectivity index (χ3n) is 7.02. The maximum atomic E-state index is 13.4. The van der Waals surface area contributed by atoms with E-state index in [2.05, 4.69) is 11.4 Å². The van der Waals surface area contributed by atoms with Crippen LogP contribution in [-0.4, -0.2) is 72.5 Å². The highest BCUT2D eigenvalue weighted by Gasteiger charge is 2.44. The van der Waals surface area contributed by atoms with Crippen LogP contribution in [0.3, 0.4) is 0 Å². The first-order valence-corrected chi connectivity index (χ1v) is 13.5. The van der Waals surface area contributed by atoms with Gasteiger partial charge in [-0.05, 0) is 55.9 Å². The lowest BCUT2D eigenvalue weighted by molar-refractivity contribution is -0.142. The Kier molecular flexibility index (Phi) is 7.48. The average molecular weight is 508 g/mol. The minimum Gasteiger partial charge on any atom is -0.350 e. The Morgan fingerprint density at radius 1 is 1.15 bits per heavy atom. The number of hydrogen-bond acceptors (Lipinski definition) is 5. The molecule has 3 heterocycles. The Labute approximate surface area is 205 Å². The Balaban J connectivity index is 1.37. The molecule has 4 rings (SSSR count). The summed E-state index contributed by atoms with van der Waals surface area (Å²) in [5.74, 6) is -1.10. The highest BCUT2D eigenvalue weighted by Crippen LogP contribution is 2.29. The van der Waals surface area contributed by atoms with Crippen LogP contribution in [-0.2, 0) is 26.3 Å². The number of carbonyl (C=O) groups excluding carboxylic acids is 2. The lowest BCUT2D eigenvalue weighted by Crippen LogP contribution is -2.57. The molecule has 0 saturated carbocycles. The Morgan fingerprint density at radius 2 is 1.88 bits per heavy atom. The first kappa shape index (κ1) is 24.9. The van der Waals surface area contributed by atoms with Crippen molar-refractivity contribution in [2.75, 3.05) is 32.7 Å². The van der Waals surface area contributed by atoms with Crippen LogP contribution < -0.4 is 5.32 Å². The summed E-state index contributed by atoms with van der Waals surface area (Å²) in [5, 5.41) is 12.5. The first-order chi connectivity index (χ1) is 16.2. The van der Waals surface area contributed by atoms with Gasteiger partial charge in [0.2, 0.25) is 11.8 Å². The number of piperidine rings is 1. The molecule has 0 spiro atoms. The van der Waals surface area contributed by atoms with Gasteiger partial charge in [-0.25, -0.2) is 0 Å². The molecule has 0 aromatic heterocycles. The minimum absolute atomic E-state index is 0.113. The van der Waals surface area contributed by atoms with E-state index in [-0.39, 0.29) is 37.4 Å². The second-order valence-electron chi connectivity index (χ2n) is 9.33. The Bertz CT molecular complexity index is 1100. The maximum Gasteiger partial charge on any atom is 0.282 e. The Hall–Kier alpha value is -2.19. The zero-order valence-electron chi connectivity index (χ0n) is 19.2. The molecule has 3 fully saturated rings. The summed E-state index contributed by atoms with van der Waals surface area (Å²) in [5.41, 5.74) is 1.95. The normalized spacial score (nSPS) is 24.4. The summed E-state index contributed by atoms with van der Waals surface area (Å²) in [7, 11) is -3.68. The molecular weight excluding hydrogens is 478 g/mol. The van der Waals surface area contributed by atoms with Crippen LogP contribution in [0.25, 0.3) is 0 Å². The van der Waals surface area contributed by atoms with Crippen molar-refractivity contribution >= 4 is 33.6 Å². The second kappa shape index (κ2) is 10.2. The SMILES string of the molecule is Cc1ccc(Cl)cc1CNC(=O)[C@H]1CCCN1C(=O)C1CCCN(S(=O)(=O)N2CC(C#N)C2)C1. The van der Waals surface area contributed by atoms with E-state index in [0.717, 1.165) is 17.5 Å². The molecule has 34 heavy (non-hydrogen) atoms. The molecule has 2 amide bonds. The molecule has 11 heteroatoms. The zero-order valence-corrected chi connectivity index (χ0v) is 20.8. The van der Waals surface area contributed by atoms with Gasteiger partial charge in [-0.15, -0.1) is 0 Å². The van der Waals surface area contributed by atoms with Crippen LogP contribution in [0.1, 0.15) is 36.8 Å². The first-order valence-electron chi connectivity index (χ1n) is 11.7. The number of nitrogens with zero attached hydrogens (tertiary/aromatic N) is 4. The fourth-order valence-electron chi connectivity index (χ4n) is 4.89. The molecule has 1 unspecified atom stereocenters. The molecule has 1 aromatic carbocycles. The molecule has 9 nitrogen and oxygen atoms in total. The lowest BCUT2D eigenvalue weighted by atomic mass is 9.97. The number of amides is 2. The second-order valence-corrected chi connectivity index (χ2v) is 11.7. The van der Waals surface area contributed by atoms with Crippen molar-refractivity contribution in [2.24, 2.45) is 11.8 Å². The predicted octanol–water partition coefficient (Wildman–Crippen LogP) is 1.67. The van der Waals surface area contributed by atoms with Crippen LogP contribution in [0.2, 0.25) is 5.02 Å². The van der Waals surface area contributed by atoms with E-state index in [9.17, 15) is 18.0 Å². The smallest absolute Gasteiger partial charge is 0.282 e. The highest BCUT2D eigenvalue weighted by atomic mass is 35.5. The number of hydrogen-bond donors (Lipinski definition) is 1. The molecular formula is C23H30ClN5O4S. The van der Waals surface area contributed by atoms with Crippen molar-refractivity contribution in [1.29, 1.82) is 5.26 Å². The molecule has 184 valence electrons. The summed E-state index contributed by atoms with van der Waals surface area (Å²) in [6.45, 7) is 3.66. The van der Waals surface area contributed by atoms with E-state index < -0.39 is 22.2 Å². The quantitative estimate of drug-likeness (QED) is 0.629. The van der Waals surface area contributed by atoms with Gasteiger partial charge in [0.05, 0.1) is 17.9 Å². The topological polar surface area (TPSA) is 114 Å². The van der Waals surface area contributed by atoms with Crippen LogP contribution in [0.15, 0.2) is 18.2 Å². The standard InChI is InChI=1S/C23H30ClN5O4S/c1-16-6-7-20(24)10-19(16)12-26-22(30)21-5-3-9-29(21)23(31)18-4-2-8-27(15-18)34(32,33)28-13-17(11-25)14-28/h6-7,10,17-18,21H,2-5,8-9,12-15H2,1H3,(H,26,30)/t18?,21-/m1/s1. The van der Waals surface area contributed by atoms with Crippen molar-refractivity contribution in [3.63, 3.8) is 0 Å². The average Bonchev–Trinajstić information content (AvgIpc) is 3.28. The van der Waals surface area contributed by atoms with Gasteiger partial charge in [-0.2, -0.15) is 22.3 Å². The van der Waals surface area contributed by atoms with Crippen LogP contribution in [0, 0.1) is 30.1 Å². The van der Waals surface area contributed by atoms with Gasteiger partial charge in [0, 0.05) is 44.3 Å². The summed E-state index contributed by atoms with van der Waals surface area (Å²) in [4.78, 5) is 27.9. The van der Waals surface area contributed by atoms with Gasteiger partial charge in [-0.1, -0.05) is 17.7 Å². The summed E-state index contributed by atoms with van der Waals surface area (Å²) >= 11 is 6.07. The minimum atomic E-state index is -3.68. The van der Waals surface area contributed by atoms with E-state index in [1.165, 1.54) is 8.61 Å². The van der Waals surface area contributed by atoms with Crippen LogP contribution in [0.5, 0.6) is 0 Å². The fraction of sp³-hybridized carbons (Fsp3) is 0.609. The molecule has 2 atom stereocenters. The van der Waals surface area contributed by atoms with E-state index in [4.69, 9.17) is 16.9 Å². The number of benzene rings is 1. The summed E-state index contributed by atoms with van der Waals surface area (Å²) in [6.07, 6.45) is 2.50. The van der Waals surface area contributed by atoms with Crippen molar-refractivity contribution in [3.05, 3.63) is 34.3 Å². The van der Waals surface area contributed by atoms with E-state index in [1.807, 2.05) is 19.1 Å². The predicted molar refractivity (Wildman–Crippen MR) is 127 cm³/mol. The number of nitriles is 1. The molecule has 3 aliphatic heterocycles. The van der Waals surface area contributed by atoms with Crippen molar-refractivity contribution in [3.8, 4) is 6.07 Å². The number of aryl methyl sites for hydroxylation is 1. The number of rotatable bonds is 6. The number of carbonyl (C=O) groups is 2. The van der Waals surface area contributed by atoms with E-state index in [1.54, 1.807) is 11.0 Å². The van der Waals surface area contributed by atoms with Crippen LogP contribution >= 0.6 is 11.6 Å². The lowest BCUT2D eigenvalue weighted by Gasteiger charge is -2.41. The number of likely N-dealkylation sites (tertiary alicyclic amines) is 1. The van der Waals surface area contributed by atoms with Crippen molar-refractivity contribution in [1.82, 2.24) is 18.8 Å². The summed E-state index contributed by atoms with van der Waals surface area (Å²) in [6, 6.07) is 7.06. The molecule has 0 bridgehead atoms. The Morgan fingerprint density at radius 3 is 2.62 bits per heavy atom. The van der Waals surface area contributed by atoms with Gasteiger partial charge in [-0.3, -0.25) is 9.59 Å². The third-order valence-corrected chi connectivity index (χ3v) is 9.19. The number of halogens is 1. The fourth-order valence-corrected chi connectivity index (χ4v) is 6.88. The zero-order chi connectivity index (χ0) is 24.5. The highest BCUT2D eigenvalue weighted by molar-refractivity contribution is 7.86. The van der Waals surface area contributed by atoms with Gasteiger partial charge in [0.1, 0.15) is 6.04 Å². The van der Waals surface area contributed by atoms with Gasteiger partial charge in [0.25, 0.3) is 10.2 Å². The van der Waals surface area contributed by atoms with Gasteiger partial charge >= 0.3 is 0 Å². The van der Waals surface area contributed by atoms with Crippen molar-refractivity contribution in [2.45, 2.75) is 45.2 Å². The van der Waals surface area contributed by atoms with Crippen LogP contribution in [0.4, 0.5) is 0 Å². The maximum absolute atomic E-state index is 13.4. The van der Waals surface area contributed by atoms with E-state index >= 15 is 0 Å². The molecule has 3 saturated heterocycles. The van der Waals surface area contributed by atoms with Gasteiger partial charge < -0.3 is 10.2 Å². The molecule has 0 aliphatic carbocycles. The molecule has 1 aromatic rings. The number of nitrogens with one attached hydrogen (secondary N) is 1. The third kappa shape index (κ3) is 5.08. The monoisotopic (exact) mass is 507 g/mol. The molecule has 3 aliphatic rings. The van der Waals surface area contributed by atoms with Crippen molar-refractivity contribution < 1.29 is 18.0 Å². The largest absolute Gasteiger partial charge is 0.350 e. The van der Waals surface area contributed by atoms with E-state index in [0.29, 0.717) is 43.9 Å². The van der Waals surface area contributed by atoms with Gasteiger partial charge in [0.15, 0.2) is 0 Å². The molecule has 1 N–H and O–H groups in total. The molecule has 0 radical (unpaired) electrons. The summed E-state index contributed by atoms with van der Waals surface area (Å²) < 4.78 is 28.5.